The van der Waals surface area contributed by atoms with Gasteiger partial charge in [-0.25, -0.2) is 4.98 Å². The van der Waals surface area contributed by atoms with Crippen molar-refractivity contribution in [2.24, 2.45) is 0 Å². The maximum Gasteiger partial charge on any atom is 0.274 e. The quantitative estimate of drug-likeness (QED) is 0.907. The molecule has 19 heavy (non-hydrogen) atoms. The molecule has 2 aromatic heterocycles. The first-order valence-electron chi connectivity index (χ1n) is 6.41. The van der Waals surface area contributed by atoms with Gasteiger partial charge in [0.2, 0.25) is 0 Å². The van der Waals surface area contributed by atoms with Crippen molar-refractivity contribution in [2.75, 3.05) is 13.2 Å². The number of aryl methyl sites for hydroxylation is 1. The van der Waals surface area contributed by atoms with Crippen LogP contribution < -0.4 is 0 Å². The van der Waals surface area contributed by atoms with Gasteiger partial charge in [0, 0.05) is 24.5 Å². The second-order valence-corrected chi connectivity index (χ2v) is 4.84. The number of nitrogens with zero attached hydrogens (tertiary/aromatic N) is 3. The second kappa shape index (κ2) is 5.40. The fraction of sp³-hybridized carbons (Fsp3) is 0.429. The number of pyridine rings is 1. The molecule has 2 aromatic rings. The Balaban J connectivity index is 2.38. The summed E-state index contributed by atoms with van der Waals surface area (Å²) in [4.78, 5) is 18.4. The Labute approximate surface area is 112 Å². The van der Waals surface area contributed by atoms with Crippen molar-refractivity contribution < 1.29 is 9.90 Å². The van der Waals surface area contributed by atoms with Crippen molar-refractivity contribution in [2.45, 2.75) is 26.8 Å². The maximum absolute atomic E-state index is 12.4. The number of rotatable bonds is 4. The molecule has 0 atom stereocenters. The largest absolute Gasteiger partial charge is 0.395 e. The highest BCUT2D eigenvalue weighted by molar-refractivity contribution is 5.93. The lowest BCUT2D eigenvalue weighted by atomic mass is 10.3. The predicted octanol–water partition coefficient (Wildman–Crippen LogP) is 1.49. The number of carbonyl (C=O) groups is 1. The fourth-order valence-corrected chi connectivity index (χ4v) is 2.10. The molecule has 0 spiro atoms. The molecule has 5 nitrogen and oxygen atoms in total. The SMILES string of the molecule is Cc1cccc2nc(C(=O)N(CCO)C(C)C)cn12. The van der Waals surface area contributed by atoms with Gasteiger partial charge in [-0.2, -0.15) is 0 Å². The highest BCUT2D eigenvalue weighted by Crippen LogP contribution is 2.12. The van der Waals surface area contributed by atoms with Gasteiger partial charge in [0.15, 0.2) is 0 Å². The van der Waals surface area contributed by atoms with E-state index in [0.29, 0.717) is 12.2 Å². The zero-order valence-electron chi connectivity index (χ0n) is 11.5. The van der Waals surface area contributed by atoms with Crippen molar-refractivity contribution in [3.8, 4) is 0 Å². The highest BCUT2D eigenvalue weighted by Gasteiger charge is 2.21. The van der Waals surface area contributed by atoms with E-state index in [1.807, 2.05) is 43.4 Å². The Morgan fingerprint density at radius 3 is 2.79 bits per heavy atom. The van der Waals surface area contributed by atoms with Crippen LogP contribution in [0.1, 0.15) is 30.0 Å². The minimum absolute atomic E-state index is 0.0329. The number of hydrogen-bond acceptors (Lipinski definition) is 3. The Bertz CT molecular complexity index is 589. The first kappa shape index (κ1) is 13.5. The Morgan fingerprint density at radius 1 is 1.47 bits per heavy atom. The van der Waals surface area contributed by atoms with Crippen molar-refractivity contribution >= 4 is 11.6 Å². The molecule has 102 valence electrons. The molecule has 0 fully saturated rings. The predicted molar refractivity (Wildman–Crippen MR) is 73.2 cm³/mol. The topological polar surface area (TPSA) is 57.8 Å². The van der Waals surface area contributed by atoms with Crippen LogP contribution in [0.3, 0.4) is 0 Å². The molecular formula is C14H19N3O2. The zero-order chi connectivity index (χ0) is 14.0. The van der Waals surface area contributed by atoms with Gasteiger partial charge in [-0.15, -0.1) is 0 Å². The number of imidazole rings is 1. The van der Waals surface area contributed by atoms with Crippen LogP contribution in [0.5, 0.6) is 0 Å². The van der Waals surface area contributed by atoms with E-state index in [2.05, 4.69) is 4.98 Å². The van der Waals surface area contributed by atoms with Crippen LogP contribution in [0.15, 0.2) is 24.4 Å². The van der Waals surface area contributed by atoms with E-state index in [4.69, 9.17) is 5.11 Å². The van der Waals surface area contributed by atoms with Crippen molar-refractivity contribution in [1.82, 2.24) is 14.3 Å². The number of hydrogen-bond donors (Lipinski definition) is 1. The molecule has 2 heterocycles. The molecule has 0 aliphatic rings. The molecular weight excluding hydrogens is 242 g/mol. The van der Waals surface area contributed by atoms with Crippen LogP contribution in [0.2, 0.25) is 0 Å². The molecule has 0 saturated heterocycles. The van der Waals surface area contributed by atoms with E-state index >= 15 is 0 Å². The number of aromatic nitrogens is 2. The summed E-state index contributed by atoms with van der Waals surface area (Å²) in [6.45, 7) is 6.10. The molecule has 5 heteroatoms. The Kier molecular flexibility index (Phi) is 3.85. The zero-order valence-corrected chi connectivity index (χ0v) is 11.5. The summed E-state index contributed by atoms with van der Waals surface area (Å²) in [5.74, 6) is -0.146. The van der Waals surface area contributed by atoms with Gasteiger partial charge < -0.3 is 14.4 Å². The summed E-state index contributed by atoms with van der Waals surface area (Å²) < 4.78 is 1.89. The first-order chi connectivity index (χ1) is 9.04. The van der Waals surface area contributed by atoms with Gasteiger partial charge in [-0.1, -0.05) is 6.07 Å². The third kappa shape index (κ3) is 2.61. The van der Waals surface area contributed by atoms with Crippen molar-refractivity contribution in [3.05, 3.63) is 35.8 Å². The van der Waals surface area contributed by atoms with Crippen LogP contribution in [0.25, 0.3) is 5.65 Å². The molecule has 0 aliphatic carbocycles. The van der Waals surface area contributed by atoms with E-state index in [1.54, 1.807) is 11.1 Å². The van der Waals surface area contributed by atoms with Gasteiger partial charge in [0.05, 0.1) is 6.61 Å². The van der Waals surface area contributed by atoms with Gasteiger partial charge >= 0.3 is 0 Å². The van der Waals surface area contributed by atoms with Crippen LogP contribution in [-0.2, 0) is 0 Å². The molecule has 0 aromatic carbocycles. The number of amides is 1. The monoisotopic (exact) mass is 261 g/mol. The summed E-state index contributed by atoms with van der Waals surface area (Å²) in [5, 5.41) is 9.05. The minimum Gasteiger partial charge on any atom is -0.395 e. The Hall–Kier alpha value is -1.88. The van der Waals surface area contributed by atoms with E-state index < -0.39 is 0 Å². The van der Waals surface area contributed by atoms with E-state index in [9.17, 15) is 4.79 Å². The van der Waals surface area contributed by atoms with Gasteiger partial charge in [-0.3, -0.25) is 4.79 Å². The summed E-state index contributed by atoms with van der Waals surface area (Å²) in [6.07, 6.45) is 1.75. The van der Waals surface area contributed by atoms with Crippen molar-refractivity contribution in [3.63, 3.8) is 0 Å². The third-order valence-electron chi connectivity index (χ3n) is 3.14. The van der Waals surface area contributed by atoms with E-state index in [0.717, 1.165) is 11.3 Å². The highest BCUT2D eigenvalue weighted by atomic mass is 16.3. The van der Waals surface area contributed by atoms with E-state index in [-0.39, 0.29) is 18.6 Å². The fourth-order valence-electron chi connectivity index (χ4n) is 2.10. The lowest BCUT2D eigenvalue weighted by molar-refractivity contribution is 0.0660. The second-order valence-electron chi connectivity index (χ2n) is 4.84. The molecule has 2 rings (SSSR count). The average molecular weight is 261 g/mol. The number of aliphatic hydroxyl groups excluding tert-OH is 1. The van der Waals surface area contributed by atoms with Crippen LogP contribution in [-0.4, -0.2) is 44.5 Å². The summed E-state index contributed by atoms with van der Waals surface area (Å²) in [6, 6.07) is 5.79. The first-order valence-corrected chi connectivity index (χ1v) is 6.41. The molecule has 1 amide bonds. The Morgan fingerprint density at radius 2 is 2.21 bits per heavy atom. The normalized spacial score (nSPS) is 11.2. The maximum atomic E-state index is 12.4. The van der Waals surface area contributed by atoms with Crippen LogP contribution in [0.4, 0.5) is 0 Å². The van der Waals surface area contributed by atoms with Gasteiger partial charge in [-0.05, 0) is 32.9 Å². The lowest BCUT2D eigenvalue weighted by Gasteiger charge is -2.24. The number of carbonyl (C=O) groups excluding carboxylic acids is 1. The average Bonchev–Trinajstić information content (AvgIpc) is 2.80. The third-order valence-corrected chi connectivity index (χ3v) is 3.14. The van der Waals surface area contributed by atoms with E-state index in [1.165, 1.54) is 0 Å². The van der Waals surface area contributed by atoms with Crippen LogP contribution >= 0.6 is 0 Å². The minimum atomic E-state index is -0.146. The summed E-state index contributed by atoms with van der Waals surface area (Å²) in [5.41, 5.74) is 2.20. The molecule has 0 unspecified atom stereocenters. The molecule has 0 aliphatic heterocycles. The van der Waals surface area contributed by atoms with Crippen LogP contribution in [0, 0.1) is 6.92 Å². The molecule has 0 radical (unpaired) electrons. The molecule has 0 bridgehead atoms. The summed E-state index contributed by atoms with van der Waals surface area (Å²) in [7, 11) is 0. The number of fused-ring (bicyclic) bond motifs is 1. The van der Waals surface area contributed by atoms with Gasteiger partial charge in [0.25, 0.3) is 5.91 Å². The smallest absolute Gasteiger partial charge is 0.274 e. The molecule has 0 saturated carbocycles. The van der Waals surface area contributed by atoms with Gasteiger partial charge in [0.1, 0.15) is 11.3 Å². The molecule has 1 N–H and O–H groups in total. The summed E-state index contributed by atoms with van der Waals surface area (Å²) >= 11 is 0. The lowest BCUT2D eigenvalue weighted by Crippen LogP contribution is -2.39. The number of aliphatic hydroxyl groups is 1. The van der Waals surface area contributed by atoms with Crippen molar-refractivity contribution in [1.29, 1.82) is 0 Å². The standard InChI is InChI=1S/C14H19N3O2/c1-10(2)16(7-8-18)14(19)12-9-17-11(3)5-4-6-13(17)15-12/h4-6,9-10,18H,7-8H2,1-3H3.